The van der Waals surface area contributed by atoms with Gasteiger partial charge in [0.05, 0.1) is 24.7 Å². The van der Waals surface area contributed by atoms with E-state index in [-0.39, 0.29) is 18.5 Å². The number of esters is 1. The number of rotatable bonds is 5. The maximum atomic E-state index is 12.4. The lowest BCUT2D eigenvalue weighted by atomic mass is 9.98. The Bertz CT molecular complexity index is 971. The van der Waals surface area contributed by atoms with Gasteiger partial charge in [-0.05, 0) is 53.1 Å². The minimum absolute atomic E-state index is 0.194. The molecule has 0 fully saturated rings. The van der Waals surface area contributed by atoms with Crippen molar-refractivity contribution in [2.24, 2.45) is 0 Å². The summed E-state index contributed by atoms with van der Waals surface area (Å²) in [6, 6.07) is 20.8. The van der Waals surface area contributed by atoms with Crippen molar-refractivity contribution in [3.05, 3.63) is 77.4 Å². The van der Waals surface area contributed by atoms with E-state index in [0.717, 1.165) is 27.6 Å². The first-order valence-corrected chi connectivity index (χ1v) is 8.34. The molecule has 0 bridgehead atoms. The molecule has 0 saturated heterocycles. The predicted octanol–water partition coefficient (Wildman–Crippen LogP) is 4.57. The molecule has 1 atom stereocenters. The number of hydrogen-bond acceptors (Lipinski definition) is 4. The van der Waals surface area contributed by atoms with E-state index in [1.807, 2.05) is 43.3 Å². The van der Waals surface area contributed by atoms with Crippen LogP contribution >= 0.6 is 0 Å². The van der Waals surface area contributed by atoms with E-state index in [2.05, 4.69) is 6.07 Å². The maximum Gasteiger partial charge on any atom is 0.313 e. The molecular weight excluding hydrogens is 326 g/mol. The summed E-state index contributed by atoms with van der Waals surface area (Å²) in [6.45, 7) is 2.03. The summed E-state index contributed by atoms with van der Waals surface area (Å²) in [5, 5.41) is 10.9. The van der Waals surface area contributed by atoms with Crippen LogP contribution in [0.15, 0.2) is 60.7 Å². The van der Waals surface area contributed by atoms with Gasteiger partial charge in [-0.3, -0.25) is 4.79 Å². The molecule has 0 aliphatic heterocycles. The van der Waals surface area contributed by atoms with Crippen LogP contribution in [0, 0.1) is 11.3 Å². The summed E-state index contributed by atoms with van der Waals surface area (Å²) in [4.78, 5) is 12.4. The number of carbonyl (C=O) groups is 1. The summed E-state index contributed by atoms with van der Waals surface area (Å²) in [6.07, 6.45) is 0. The average Bonchev–Trinajstić information content (AvgIpc) is 2.70. The first-order valence-electron chi connectivity index (χ1n) is 8.34. The molecule has 4 heteroatoms. The lowest BCUT2D eigenvalue weighted by Gasteiger charge is -2.13. The normalized spacial score (nSPS) is 11.6. The Morgan fingerprint density at radius 1 is 1.04 bits per heavy atom. The number of nitriles is 1. The third-order valence-electron chi connectivity index (χ3n) is 4.39. The highest BCUT2D eigenvalue weighted by atomic mass is 16.5. The highest BCUT2D eigenvalue weighted by Gasteiger charge is 2.17. The molecule has 3 rings (SSSR count). The minimum atomic E-state index is -0.361. The van der Waals surface area contributed by atoms with Gasteiger partial charge in [0, 0.05) is 0 Å². The van der Waals surface area contributed by atoms with Crippen LogP contribution in [0.4, 0.5) is 0 Å². The van der Waals surface area contributed by atoms with E-state index < -0.39 is 0 Å². The Labute approximate surface area is 152 Å². The van der Waals surface area contributed by atoms with Gasteiger partial charge in [0.2, 0.25) is 0 Å². The van der Waals surface area contributed by atoms with Crippen molar-refractivity contribution < 1.29 is 14.3 Å². The molecule has 1 unspecified atom stereocenters. The van der Waals surface area contributed by atoms with Crippen LogP contribution in [0.1, 0.15) is 29.5 Å². The van der Waals surface area contributed by atoms with Crippen molar-refractivity contribution in [1.29, 1.82) is 5.26 Å². The lowest BCUT2D eigenvalue weighted by Crippen LogP contribution is -2.13. The Balaban J connectivity index is 1.69. The molecule has 0 N–H and O–H groups in total. The van der Waals surface area contributed by atoms with Crippen LogP contribution in [0.5, 0.6) is 5.75 Å². The van der Waals surface area contributed by atoms with Gasteiger partial charge in [0.1, 0.15) is 12.4 Å². The second kappa shape index (κ2) is 7.71. The first-order chi connectivity index (χ1) is 12.6. The third-order valence-corrected chi connectivity index (χ3v) is 4.39. The number of methoxy groups -OCH3 is 1. The van der Waals surface area contributed by atoms with E-state index in [0.29, 0.717) is 5.56 Å². The zero-order chi connectivity index (χ0) is 18.5. The molecule has 0 radical (unpaired) electrons. The molecular formula is C22H19NO3. The zero-order valence-corrected chi connectivity index (χ0v) is 14.7. The molecule has 0 aromatic heterocycles. The third kappa shape index (κ3) is 3.84. The number of carbonyl (C=O) groups excluding carboxylic acids is 1. The lowest BCUT2D eigenvalue weighted by molar-refractivity contribution is -0.146. The highest BCUT2D eigenvalue weighted by molar-refractivity contribution is 5.86. The largest absolute Gasteiger partial charge is 0.497 e. The molecule has 0 aliphatic rings. The monoisotopic (exact) mass is 345 g/mol. The van der Waals surface area contributed by atoms with Gasteiger partial charge in [-0.15, -0.1) is 0 Å². The quantitative estimate of drug-likeness (QED) is 0.636. The average molecular weight is 345 g/mol. The fourth-order valence-electron chi connectivity index (χ4n) is 2.73. The molecule has 0 heterocycles. The topological polar surface area (TPSA) is 59.3 Å². The number of benzene rings is 3. The van der Waals surface area contributed by atoms with Gasteiger partial charge in [0.25, 0.3) is 0 Å². The first kappa shape index (κ1) is 17.5. The van der Waals surface area contributed by atoms with Crippen LogP contribution in [0.3, 0.4) is 0 Å². The van der Waals surface area contributed by atoms with Crippen LogP contribution in [0.2, 0.25) is 0 Å². The number of nitrogens with zero attached hydrogens (tertiary/aromatic N) is 1. The van der Waals surface area contributed by atoms with Gasteiger partial charge in [-0.25, -0.2) is 0 Å². The number of hydrogen-bond donors (Lipinski definition) is 0. The fraction of sp³-hybridized carbons (Fsp3) is 0.182. The molecule has 3 aromatic carbocycles. The summed E-state index contributed by atoms with van der Waals surface area (Å²) in [7, 11) is 1.64. The van der Waals surface area contributed by atoms with Crippen LogP contribution in [-0.4, -0.2) is 13.1 Å². The standard InChI is InChI=1S/C22H19NO3/c1-15(22(24)26-14-17-5-3-16(13-23)4-6-17)18-7-8-20-12-21(25-2)10-9-19(20)11-18/h3-12,15H,14H2,1-2H3. The van der Waals surface area contributed by atoms with Crippen LogP contribution in [0.25, 0.3) is 10.8 Å². The van der Waals surface area contributed by atoms with Gasteiger partial charge >= 0.3 is 5.97 Å². The van der Waals surface area contributed by atoms with Crippen molar-refractivity contribution in [1.82, 2.24) is 0 Å². The zero-order valence-electron chi connectivity index (χ0n) is 14.7. The minimum Gasteiger partial charge on any atom is -0.497 e. The SMILES string of the molecule is COc1ccc2cc(C(C)C(=O)OCc3ccc(C#N)cc3)ccc2c1. The predicted molar refractivity (Wildman–Crippen MR) is 99.9 cm³/mol. The molecule has 0 aliphatic carbocycles. The van der Waals surface area contributed by atoms with Crippen molar-refractivity contribution in [2.75, 3.05) is 7.11 Å². The molecule has 0 amide bonds. The molecule has 3 aromatic rings. The Morgan fingerprint density at radius 3 is 2.42 bits per heavy atom. The second-order valence-electron chi connectivity index (χ2n) is 6.11. The maximum absolute atomic E-state index is 12.4. The number of fused-ring (bicyclic) bond motifs is 1. The molecule has 0 saturated carbocycles. The molecule has 0 spiro atoms. The van der Waals surface area contributed by atoms with Gasteiger partial charge in [-0.1, -0.05) is 36.4 Å². The van der Waals surface area contributed by atoms with E-state index in [1.165, 1.54) is 0 Å². The summed E-state index contributed by atoms with van der Waals surface area (Å²) >= 11 is 0. The summed E-state index contributed by atoms with van der Waals surface area (Å²) < 4.78 is 10.7. The molecule has 4 nitrogen and oxygen atoms in total. The van der Waals surface area contributed by atoms with Gasteiger partial charge in [0.15, 0.2) is 0 Å². The molecule has 130 valence electrons. The second-order valence-corrected chi connectivity index (χ2v) is 6.11. The molecule has 26 heavy (non-hydrogen) atoms. The van der Waals surface area contributed by atoms with Crippen molar-refractivity contribution in [2.45, 2.75) is 19.4 Å². The fourth-order valence-corrected chi connectivity index (χ4v) is 2.73. The van der Waals surface area contributed by atoms with Gasteiger partial charge < -0.3 is 9.47 Å². The van der Waals surface area contributed by atoms with Crippen molar-refractivity contribution in [3.8, 4) is 11.8 Å². The van der Waals surface area contributed by atoms with E-state index in [9.17, 15) is 4.79 Å². The summed E-state index contributed by atoms with van der Waals surface area (Å²) in [5.41, 5.74) is 2.35. The Kier molecular flexibility index (Phi) is 5.19. The highest BCUT2D eigenvalue weighted by Crippen LogP contribution is 2.26. The van der Waals surface area contributed by atoms with Gasteiger partial charge in [-0.2, -0.15) is 5.26 Å². The Morgan fingerprint density at radius 2 is 1.73 bits per heavy atom. The van der Waals surface area contributed by atoms with E-state index in [1.54, 1.807) is 31.4 Å². The summed E-state index contributed by atoms with van der Waals surface area (Å²) in [5.74, 6) is 0.169. The van der Waals surface area contributed by atoms with Crippen molar-refractivity contribution >= 4 is 16.7 Å². The van der Waals surface area contributed by atoms with E-state index >= 15 is 0 Å². The van der Waals surface area contributed by atoms with Crippen LogP contribution in [-0.2, 0) is 16.1 Å². The van der Waals surface area contributed by atoms with Crippen molar-refractivity contribution in [3.63, 3.8) is 0 Å². The Hall–Kier alpha value is -3.32. The van der Waals surface area contributed by atoms with Crippen LogP contribution < -0.4 is 4.74 Å². The van der Waals surface area contributed by atoms with E-state index in [4.69, 9.17) is 14.7 Å². The number of ether oxygens (including phenoxy) is 2. The smallest absolute Gasteiger partial charge is 0.313 e.